The molecular formula is C25H27N3O3S. The first-order valence-electron chi connectivity index (χ1n) is 10.7. The Labute approximate surface area is 192 Å². The Hall–Kier alpha value is -3.16. The van der Waals surface area contributed by atoms with E-state index in [1.807, 2.05) is 23.6 Å². The number of methoxy groups -OCH3 is 1. The summed E-state index contributed by atoms with van der Waals surface area (Å²) in [7, 11) is 1.68. The minimum Gasteiger partial charge on any atom is -0.497 e. The molecule has 1 aliphatic rings. The summed E-state index contributed by atoms with van der Waals surface area (Å²) in [4.78, 5) is 27.9. The van der Waals surface area contributed by atoms with Crippen LogP contribution in [0.2, 0.25) is 0 Å². The zero-order valence-corrected chi connectivity index (χ0v) is 18.9. The third kappa shape index (κ3) is 5.75. The van der Waals surface area contributed by atoms with Gasteiger partial charge >= 0.3 is 0 Å². The van der Waals surface area contributed by atoms with Crippen LogP contribution < -0.4 is 15.4 Å². The number of likely N-dealkylation sites (tertiary alicyclic amines) is 1. The second-order valence-electron chi connectivity index (χ2n) is 7.88. The summed E-state index contributed by atoms with van der Waals surface area (Å²) >= 11 is 1.39. The third-order valence-electron chi connectivity index (χ3n) is 5.61. The number of thiophene rings is 1. The molecule has 0 unspecified atom stereocenters. The predicted molar refractivity (Wildman–Crippen MR) is 127 cm³/mol. The van der Waals surface area contributed by atoms with Gasteiger partial charge in [-0.1, -0.05) is 18.2 Å². The Morgan fingerprint density at radius 2 is 1.81 bits per heavy atom. The molecule has 0 atom stereocenters. The van der Waals surface area contributed by atoms with Gasteiger partial charge < -0.3 is 15.4 Å². The Balaban J connectivity index is 1.24. The minimum absolute atomic E-state index is 0.0765. The molecule has 1 aromatic heterocycles. The first-order chi connectivity index (χ1) is 15.6. The number of ether oxygens (including phenoxy) is 1. The molecule has 2 amide bonds. The molecule has 0 aliphatic carbocycles. The van der Waals surface area contributed by atoms with E-state index in [4.69, 9.17) is 4.74 Å². The Bertz CT molecular complexity index is 1040. The molecule has 0 saturated carbocycles. The molecule has 2 aromatic carbocycles. The van der Waals surface area contributed by atoms with Crippen LogP contribution in [0.1, 0.15) is 38.4 Å². The van der Waals surface area contributed by atoms with Crippen molar-refractivity contribution < 1.29 is 14.3 Å². The number of nitrogens with zero attached hydrogens (tertiary/aromatic N) is 1. The average Bonchev–Trinajstić information content (AvgIpc) is 3.36. The topological polar surface area (TPSA) is 70.7 Å². The standard InChI is InChI=1S/C25H27N3O3S/c1-31-22-5-2-4-18(16-22)17-28-13-11-21(12-14-28)26-24(29)19-7-9-20(10-8-19)27-25(30)23-6-3-15-32-23/h2-10,15-16,21H,11-14,17H2,1H3,(H,26,29)(H,27,30). The maximum absolute atomic E-state index is 12.7. The van der Waals surface area contributed by atoms with E-state index in [1.54, 1.807) is 37.4 Å². The van der Waals surface area contributed by atoms with Crippen LogP contribution in [0.4, 0.5) is 5.69 Å². The molecule has 166 valence electrons. The maximum atomic E-state index is 12.7. The lowest BCUT2D eigenvalue weighted by atomic mass is 10.0. The lowest BCUT2D eigenvalue weighted by molar-refractivity contribution is 0.0908. The monoisotopic (exact) mass is 449 g/mol. The summed E-state index contributed by atoms with van der Waals surface area (Å²) in [6.07, 6.45) is 1.84. The lowest BCUT2D eigenvalue weighted by Gasteiger charge is -2.32. The second kappa shape index (κ2) is 10.4. The molecule has 0 bridgehead atoms. The van der Waals surface area contributed by atoms with Crippen molar-refractivity contribution in [2.24, 2.45) is 0 Å². The quantitative estimate of drug-likeness (QED) is 0.561. The number of piperidine rings is 1. The Morgan fingerprint density at radius 3 is 2.50 bits per heavy atom. The highest BCUT2D eigenvalue weighted by Crippen LogP contribution is 2.19. The second-order valence-corrected chi connectivity index (χ2v) is 8.83. The Morgan fingerprint density at radius 1 is 1.03 bits per heavy atom. The SMILES string of the molecule is COc1cccc(CN2CCC(NC(=O)c3ccc(NC(=O)c4cccs4)cc3)CC2)c1. The Kier molecular flexibility index (Phi) is 7.19. The van der Waals surface area contributed by atoms with Gasteiger partial charge in [0.15, 0.2) is 0 Å². The molecule has 2 heterocycles. The van der Waals surface area contributed by atoms with E-state index in [0.717, 1.165) is 38.2 Å². The zero-order chi connectivity index (χ0) is 22.3. The van der Waals surface area contributed by atoms with E-state index in [1.165, 1.54) is 16.9 Å². The molecule has 3 aromatic rings. The van der Waals surface area contributed by atoms with Crippen LogP contribution in [0.3, 0.4) is 0 Å². The minimum atomic E-state index is -0.141. The van der Waals surface area contributed by atoms with E-state index in [-0.39, 0.29) is 17.9 Å². The van der Waals surface area contributed by atoms with Crippen LogP contribution in [0.25, 0.3) is 0 Å². The number of rotatable bonds is 7. The molecule has 1 aliphatic heterocycles. The third-order valence-corrected chi connectivity index (χ3v) is 6.48. The summed E-state index contributed by atoms with van der Waals surface area (Å²) in [6.45, 7) is 2.77. The first-order valence-corrected chi connectivity index (χ1v) is 11.6. The predicted octanol–water partition coefficient (Wildman–Crippen LogP) is 4.40. The van der Waals surface area contributed by atoms with Crippen LogP contribution in [-0.2, 0) is 6.54 Å². The van der Waals surface area contributed by atoms with E-state index < -0.39 is 0 Å². The number of hydrogen-bond acceptors (Lipinski definition) is 5. The fourth-order valence-electron chi connectivity index (χ4n) is 3.84. The molecule has 1 fully saturated rings. The van der Waals surface area contributed by atoms with Crippen molar-refractivity contribution in [1.29, 1.82) is 0 Å². The van der Waals surface area contributed by atoms with Crippen LogP contribution in [0.15, 0.2) is 66.0 Å². The first kappa shape index (κ1) is 22.0. The summed E-state index contributed by atoms with van der Waals surface area (Å²) in [5, 5.41) is 7.87. The number of nitrogens with one attached hydrogen (secondary N) is 2. The fraction of sp³-hybridized carbons (Fsp3) is 0.280. The van der Waals surface area contributed by atoms with Crippen molar-refractivity contribution in [2.45, 2.75) is 25.4 Å². The maximum Gasteiger partial charge on any atom is 0.265 e. The van der Waals surface area contributed by atoms with Gasteiger partial charge in [0.1, 0.15) is 5.75 Å². The number of benzene rings is 2. The highest BCUT2D eigenvalue weighted by atomic mass is 32.1. The van der Waals surface area contributed by atoms with Gasteiger partial charge in [-0.05, 0) is 66.2 Å². The van der Waals surface area contributed by atoms with Gasteiger partial charge in [0.05, 0.1) is 12.0 Å². The van der Waals surface area contributed by atoms with Crippen LogP contribution in [0.5, 0.6) is 5.75 Å². The fourth-order valence-corrected chi connectivity index (χ4v) is 4.46. The van der Waals surface area contributed by atoms with E-state index in [2.05, 4.69) is 27.7 Å². The van der Waals surface area contributed by atoms with Crippen molar-refractivity contribution in [3.8, 4) is 5.75 Å². The molecular weight excluding hydrogens is 422 g/mol. The zero-order valence-electron chi connectivity index (χ0n) is 18.0. The highest BCUT2D eigenvalue weighted by Gasteiger charge is 2.21. The van der Waals surface area contributed by atoms with Crippen molar-refractivity contribution in [3.05, 3.63) is 82.0 Å². The number of carbonyl (C=O) groups is 2. The van der Waals surface area contributed by atoms with Gasteiger partial charge in [-0.2, -0.15) is 0 Å². The molecule has 4 rings (SSSR count). The van der Waals surface area contributed by atoms with Crippen molar-refractivity contribution >= 4 is 28.8 Å². The van der Waals surface area contributed by atoms with Gasteiger partial charge in [-0.25, -0.2) is 0 Å². The van der Waals surface area contributed by atoms with Gasteiger partial charge in [-0.3, -0.25) is 14.5 Å². The van der Waals surface area contributed by atoms with E-state index in [9.17, 15) is 9.59 Å². The molecule has 6 nitrogen and oxygen atoms in total. The largest absolute Gasteiger partial charge is 0.497 e. The molecule has 2 N–H and O–H groups in total. The molecule has 0 radical (unpaired) electrons. The van der Waals surface area contributed by atoms with Crippen molar-refractivity contribution in [1.82, 2.24) is 10.2 Å². The molecule has 0 spiro atoms. The van der Waals surface area contributed by atoms with Crippen LogP contribution >= 0.6 is 11.3 Å². The molecule has 1 saturated heterocycles. The number of amides is 2. The number of anilines is 1. The summed E-state index contributed by atoms with van der Waals surface area (Å²) in [5.74, 6) is 0.659. The molecule has 32 heavy (non-hydrogen) atoms. The van der Waals surface area contributed by atoms with Crippen molar-refractivity contribution in [3.63, 3.8) is 0 Å². The van der Waals surface area contributed by atoms with Crippen LogP contribution in [-0.4, -0.2) is 43.0 Å². The summed E-state index contributed by atoms with van der Waals surface area (Å²) in [5.41, 5.74) is 2.50. The number of hydrogen-bond donors (Lipinski definition) is 2. The van der Waals surface area contributed by atoms with Crippen molar-refractivity contribution in [2.75, 3.05) is 25.5 Å². The van der Waals surface area contributed by atoms with E-state index in [0.29, 0.717) is 16.1 Å². The average molecular weight is 450 g/mol. The van der Waals surface area contributed by atoms with Gasteiger partial charge in [-0.15, -0.1) is 11.3 Å². The van der Waals surface area contributed by atoms with Gasteiger partial charge in [0.2, 0.25) is 0 Å². The van der Waals surface area contributed by atoms with Crippen LogP contribution in [0, 0.1) is 0 Å². The normalized spacial score (nSPS) is 14.7. The smallest absolute Gasteiger partial charge is 0.265 e. The molecule has 7 heteroatoms. The lowest BCUT2D eigenvalue weighted by Crippen LogP contribution is -2.44. The van der Waals surface area contributed by atoms with Gasteiger partial charge in [0, 0.05) is 36.9 Å². The summed E-state index contributed by atoms with van der Waals surface area (Å²) < 4.78 is 5.30. The van der Waals surface area contributed by atoms with Gasteiger partial charge in [0.25, 0.3) is 11.8 Å². The van der Waals surface area contributed by atoms with E-state index >= 15 is 0 Å². The summed E-state index contributed by atoms with van der Waals surface area (Å²) in [6, 6.07) is 19.0. The highest BCUT2D eigenvalue weighted by molar-refractivity contribution is 7.12. The number of carbonyl (C=O) groups excluding carboxylic acids is 2.